The summed E-state index contributed by atoms with van der Waals surface area (Å²) in [6.07, 6.45) is 1.39. The summed E-state index contributed by atoms with van der Waals surface area (Å²) in [6.45, 7) is 3.22. The van der Waals surface area contributed by atoms with Gasteiger partial charge in [0.2, 0.25) is 0 Å². The van der Waals surface area contributed by atoms with Gasteiger partial charge in [0.05, 0.1) is 16.3 Å². The van der Waals surface area contributed by atoms with Crippen molar-refractivity contribution in [2.45, 2.75) is 13.8 Å². The zero-order valence-electron chi connectivity index (χ0n) is 10.3. The first-order valence-corrected chi connectivity index (χ1v) is 5.45. The van der Waals surface area contributed by atoms with Crippen LogP contribution in [0, 0.1) is 24.0 Å². The van der Waals surface area contributed by atoms with Gasteiger partial charge in [0.15, 0.2) is 0 Å². The SMILES string of the molecule is Cc1cc(-n2cc(C(=O)O)c(C)n2)ccc1[N+](=O)[O-]. The molecule has 0 unspecified atom stereocenters. The van der Waals surface area contributed by atoms with Crippen LogP contribution in [0.5, 0.6) is 0 Å². The summed E-state index contributed by atoms with van der Waals surface area (Å²) in [5, 5.41) is 23.8. The fourth-order valence-electron chi connectivity index (χ4n) is 1.79. The van der Waals surface area contributed by atoms with Crippen molar-refractivity contribution in [3.05, 3.63) is 51.3 Å². The summed E-state index contributed by atoms with van der Waals surface area (Å²) in [5.74, 6) is -1.05. The zero-order chi connectivity index (χ0) is 14.2. The molecule has 0 aliphatic carbocycles. The van der Waals surface area contributed by atoms with E-state index in [1.165, 1.54) is 23.0 Å². The minimum atomic E-state index is -1.05. The van der Waals surface area contributed by atoms with E-state index in [0.717, 1.165) is 0 Å². The first-order valence-electron chi connectivity index (χ1n) is 5.45. The van der Waals surface area contributed by atoms with E-state index in [4.69, 9.17) is 5.11 Å². The van der Waals surface area contributed by atoms with Crippen LogP contribution in [0.15, 0.2) is 24.4 Å². The highest BCUT2D eigenvalue weighted by Crippen LogP contribution is 2.21. The van der Waals surface area contributed by atoms with Gasteiger partial charge >= 0.3 is 5.97 Å². The first-order chi connectivity index (χ1) is 8.90. The molecule has 1 aromatic heterocycles. The Hall–Kier alpha value is -2.70. The molecule has 0 aliphatic rings. The molecule has 7 heteroatoms. The highest BCUT2D eigenvalue weighted by molar-refractivity contribution is 5.88. The van der Waals surface area contributed by atoms with E-state index in [2.05, 4.69) is 5.10 Å². The lowest BCUT2D eigenvalue weighted by molar-refractivity contribution is -0.385. The molecule has 19 heavy (non-hydrogen) atoms. The number of aromatic nitrogens is 2. The molecule has 0 amide bonds. The molecular formula is C12H11N3O4. The molecule has 0 saturated heterocycles. The van der Waals surface area contributed by atoms with Gasteiger partial charge in [0.25, 0.3) is 5.69 Å². The molecule has 0 fully saturated rings. The van der Waals surface area contributed by atoms with Crippen molar-refractivity contribution in [2.24, 2.45) is 0 Å². The zero-order valence-corrected chi connectivity index (χ0v) is 10.3. The van der Waals surface area contributed by atoms with Gasteiger partial charge in [-0.25, -0.2) is 9.48 Å². The summed E-state index contributed by atoms with van der Waals surface area (Å²) >= 11 is 0. The van der Waals surface area contributed by atoms with Gasteiger partial charge in [-0.05, 0) is 26.0 Å². The molecular weight excluding hydrogens is 250 g/mol. The Balaban J connectivity index is 2.48. The second-order valence-corrected chi connectivity index (χ2v) is 4.11. The second-order valence-electron chi connectivity index (χ2n) is 4.11. The lowest BCUT2D eigenvalue weighted by atomic mass is 10.2. The predicted octanol–water partition coefficient (Wildman–Crippen LogP) is 2.10. The van der Waals surface area contributed by atoms with Crippen LogP contribution in [0.1, 0.15) is 21.6 Å². The van der Waals surface area contributed by atoms with E-state index in [-0.39, 0.29) is 11.3 Å². The Morgan fingerprint density at radius 1 is 1.42 bits per heavy atom. The van der Waals surface area contributed by atoms with Crippen LogP contribution >= 0.6 is 0 Å². The largest absolute Gasteiger partial charge is 0.478 e. The number of carboxylic acids is 1. The fraction of sp³-hybridized carbons (Fsp3) is 0.167. The number of aryl methyl sites for hydroxylation is 2. The third-order valence-electron chi connectivity index (χ3n) is 2.77. The van der Waals surface area contributed by atoms with E-state index in [9.17, 15) is 14.9 Å². The summed E-state index contributed by atoms with van der Waals surface area (Å²) in [7, 11) is 0. The molecule has 0 radical (unpaired) electrons. The Morgan fingerprint density at radius 2 is 2.11 bits per heavy atom. The average molecular weight is 261 g/mol. The van der Waals surface area contributed by atoms with Crippen LogP contribution in [0.25, 0.3) is 5.69 Å². The smallest absolute Gasteiger partial charge is 0.339 e. The minimum Gasteiger partial charge on any atom is -0.478 e. The number of nitrogens with zero attached hydrogens (tertiary/aromatic N) is 3. The third-order valence-corrected chi connectivity index (χ3v) is 2.77. The van der Waals surface area contributed by atoms with Gasteiger partial charge in [0, 0.05) is 17.8 Å². The molecule has 7 nitrogen and oxygen atoms in total. The predicted molar refractivity (Wildman–Crippen MR) is 66.7 cm³/mol. The number of aromatic carboxylic acids is 1. The molecule has 1 N–H and O–H groups in total. The van der Waals surface area contributed by atoms with Crippen LogP contribution in [0.3, 0.4) is 0 Å². The van der Waals surface area contributed by atoms with Crippen molar-refractivity contribution in [2.75, 3.05) is 0 Å². The number of rotatable bonds is 3. The Bertz CT molecular complexity index is 676. The van der Waals surface area contributed by atoms with E-state index in [1.54, 1.807) is 19.9 Å². The summed E-state index contributed by atoms with van der Waals surface area (Å²) < 4.78 is 1.40. The van der Waals surface area contributed by atoms with E-state index in [1.807, 2.05) is 0 Å². The molecule has 0 spiro atoms. The van der Waals surface area contributed by atoms with Gasteiger partial charge in [-0.3, -0.25) is 10.1 Å². The number of benzene rings is 1. The number of nitro benzene ring substituents is 1. The average Bonchev–Trinajstić information content (AvgIpc) is 2.70. The van der Waals surface area contributed by atoms with Crippen molar-refractivity contribution in [1.82, 2.24) is 9.78 Å². The van der Waals surface area contributed by atoms with Crippen LogP contribution < -0.4 is 0 Å². The molecule has 0 aliphatic heterocycles. The van der Waals surface area contributed by atoms with Crippen molar-refractivity contribution in [3.63, 3.8) is 0 Å². The van der Waals surface area contributed by atoms with Gasteiger partial charge in [-0.15, -0.1) is 0 Å². The fourth-order valence-corrected chi connectivity index (χ4v) is 1.79. The molecule has 1 heterocycles. The highest BCUT2D eigenvalue weighted by atomic mass is 16.6. The maximum Gasteiger partial charge on any atom is 0.339 e. The number of hydrogen-bond donors (Lipinski definition) is 1. The summed E-state index contributed by atoms with van der Waals surface area (Å²) in [4.78, 5) is 21.2. The molecule has 1 aromatic carbocycles. The third kappa shape index (κ3) is 2.30. The van der Waals surface area contributed by atoms with E-state index < -0.39 is 10.9 Å². The summed E-state index contributed by atoms with van der Waals surface area (Å²) in [5.41, 5.74) is 1.59. The lowest BCUT2D eigenvalue weighted by Gasteiger charge is -2.03. The molecule has 2 rings (SSSR count). The first kappa shape index (κ1) is 12.7. The minimum absolute atomic E-state index is 0.0195. The summed E-state index contributed by atoms with van der Waals surface area (Å²) in [6, 6.07) is 4.50. The van der Waals surface area contributed by atoms with Gasteiger partial charge in [0.1, 0.15) is 5.56 Å². The van der Waals surface area contributed by atoms with Crippen LogP contribution in [0.2, 0.25) is 0 Å². The number of carboxylic acid groups (broad SMARTS) is 1. The highest BCUT2D eigenvalue weighted by Gasteiger charge is 2.15. The topological polar surface area (TPSA) is 98.3 Å². The monoisotopic (exact) mass is 261 g/mol. The number of carbonyl (C=O) groups is 1. The Labute approximate surface area is 108 Å². The molecule has 0 atom stereocenters. The Kier molecular flexibility index (Phi) is 3.04. The van der Waals surface area contributed by atoms with Crippen molar-refractivity contribution >= 4 is 11.7 Å². The Morgan fingerprint density at radius 3 is 2.58 bits per heavy atom. The number of hydrogen-bond acceptors (Lipinski definition) is 4. The maximum atomic E-state index is 10.9. The van der Waals surface area contributed by atoms with Crippen LogP contribution in [-0.2, 0) is 0 Å². The van der Waals surface area contributed by atoms with Crippen molar-refractivity contribution < 1.29 is 14.8 Å². The van der Waals surface area contributed by atoms with Gasteiger partial charge in [-0.2, -0.15) is 5.10 Å². The van der Waals surface area contributed by atoms with Crippen LogP contribution in [0.4, 0.5) is 5.69 Å². The van der Waals surface area contributed by atoms with Crippen LogP contribution in [-0.4, -0.2) is 25.8 Å². The molecule has 0 saturated carbocycles. The van der Waals surface area contributed by atoms with E-state index in [0.29, 0.717) is 16.9 Å². The van der Waals surface area contributed by atoms with Gasteiger partial charge in [-0.1, -0.05) is 0 Å². The molecule has 98 valence electrons. The lowest BCUT2D eigenvalue weighted by Crippen LogP contribution is -1.98. The second kappa shape index (κ2) is 4.52. The van der Waals surface area contributed by atoms with Gasteiger partial charge < -0.3 is 5.11 Å². The standard InChI is InChI=1S/C12H11N3O4/c1-7-5-9(3-4-11(7)15(18)19)14-6-10(12(16)17)8(2)13-14/h3-6H,1-2H3,(H,16,17). The molecule has 0 bridgehead atoms. The van der Waals surface area contributed by atoms with Crippen molar-refractivity contribution in [3.8, 4) is 5.69 Å². The quantitative estimate of drug-likeness (QED) is 0.673. The van der Waals surface area contributed by atoms with Crippen molar-refractivity contribution in [1.29, 1.82) is 0 Å². The normalized spacial score (nSPS) is 10.4. The molecule has 2 aromatic rings. The van der Waals surface area contributed by atoms with E-state index >= 15 is 0 Å². The number of nitro groups is 1. The maximum absolute atomic E-state index is 10.9.